The molecule has 0 fully saturated rings. The number of anilines is 2. The minimum Gasteiger partial charge on any atom is -0.450 e. The first kappa shape index (κ1) is 26.6. The molecular weight excluding hydrogens is 572 g/mol. The number of carbonyl (C=O) groups is 2. The Morgan fingerprint density at radius 2 is 1.76 bits per heavy atom. The maximum absolute atomic E-state index is 15.0. The normalized spacial score (nSPS) is 17.6. The lowest BCUT2D eigenvalue weighted by Gasteiger charge is -2.32. The highest BCUT2D eigenvalue weighted by Gasteiger charge is 2.66. The van der Waals surface area contributed by atoms with Crippen LogP contribution in [0.3, 0.4) is 0 Å². The number of fused-ring (bicyclic) bond motifs is 5. The summed E-state index contributed by atoms with van der Waals surface area (Å²) < 4.78 is 6.13. The van der Waals surface area contributed by atoms with Crippen molar-refractivity contribution in [3.8, 4) is 0 Å². The first-order valence-corrected chi connectivity index (χ1v) is 14.8. The van der Waals surface area contributed by atoms with Gasteiger partial charge >= 0.3 is 0 Å². The molecule has 2 aliphatic rings. The fourth-order valence-electron chi connectivity index (χ4n) is 6.02. The number of hydrogen-bond donors (Lipinski definition) is 0. The summed E-state index contributed by atoms with van der Waals surface area (Å²) in [6.45, 7) is 6.37. The maximum atomic E-state index is 15.0. The molecule has 0 radical (unpaired) electrons. The van der Waals surface area contributed by atoms with Crippen LogP contribution in [0, 0.1) is 12.8 Å². The molecule has 4 heterocycles. The fourth-order valence-corrected chi connectivity index (χ4v) is 7.29. The van der Waals surface area contributed by atoms with Crippen molar-refractivity contribution < 1.29 is 14.0 Å². The van der Waals surface area contributed by atoms with Crippen molar-refractivity contribution in [3.63, 3.8) is 0 Å². The van der Waals surface area contributed by atoms with Crippen LogP contribution in [0.2, 0.25) is 5.02 Å². The van der Waals surface area contributed by atoms with Crippen LogP contribution in [0.15, 0.2) is 75.9 Å². The molecule has 210 valence electrons. The Morgan fingerprint density at radius 1 is 1.00 bits per heavy atom. The van der Waals surface area contributed by atoms with E-state index in [9.17, 15) is 9.59 Å². The highest BCUT2D eigenvalue weighted by atomic mass is 35.5. The first-order valence-electron chi connectivity index (χ1n) is 13.6. The summed E-state index contributed by atoms with van der Waals surface area (Å²) in [6.07, 6.45) is 0.656. The van der Waals surface area contributed by atoms with Crippen molar-refractivity contribution in [1.29, 1.82) is 0 Å². The quantitative estimate of drug-likeness (QED) is 0.238. The molecule has 42 heavy (non-hydrogen) atoms. The number of nitrogens with zero attached hydrogens (tertiary/aromatic N) is 4. The zero-order valence-electron chi connectivity index (χ0n) is 23.1. The third-order valence-electron chi connectivity index (χ3n) is 7.91. The van der Waals surface area contributed by atoms with E-state index in [1.54, 1.807) is 29.2 Å². The number of para-hydroxylation sites is 1. The summed E-state index contributed by atoms with van der Waals surface area (Å²) >= 11 is 7.52. The molecule has 0 aliphatic carbocycles. The Kier molecular flexibility index (Phi) is 6.07. The number of carbonyl (C=O) groups excluding carboxylic acids is 2. The van der Waals surface area contributed by atoms with Gasteiger partial charge in [0, 0.05) is 17.0 Å². The summed E-state index contributed by atoms with van der Waals surface area (Å²) in [5.41, 5.74) is 0.926. The third kappa shape index (κ3) is 3.70. The SMILES string of the molecule is Cc1ccccc1CN1C(=O)C2(c3ccccc31)c1c(oc3ccc(Cl)cc3c1=O)C(=O)N2c1nnc(CC(C)C)s1. The van der Waals surface area contributed by atoms with Gasteiger partial charge in [-0.3, -0.25) is 19.3 Å². The summed E-state index contributed by atoms with van der Waals surface area (Å²) in [7, 11) is 0. The lowest BCUT2D eigenvalue weighted by atomic mass is 9.84. The molecule has 0 N–H and O–H groups in total. The van der Waals surface area contributed by atoms with E-state index in [-0.39, 0.29) is 34.0 Å². The van der Waals surface area contributed by atoms with Crippen LogP contribution in [0.4, 0.5) is 10.8 Å². The molecule has 10 heteroatoms. The molecule has 2 amide bonds. The minimum atomic E-state index is -1.84. The van der Waals surface area contributed by atoms with E-state index in [0.29, 0.717) is 28.6 Å². The number of amides is 2. The number of aryl methyl sites for hydroxylation is 1. The van der Waals surface area contributed by atoms with Crippen molar-refractivity contribution >= 4 is 56.5 Å². The zero-order chi connectivity index (χ0) is 29.3. The van der Waals surface area contributed by atoms with Gasteiger partial charge in [0.1, 0.15) is 10.6 Å². The molecule has 2 aliphatic heterocycles. The summed E-state index contributed by atoms with van der Waals surface area (Å²) in [6, 6.07) is 19.7. The molecule has 3 aromatic carbocycles. The minimum absolute atomic E-state index is 0.0346. The van der Waals surface area contributed by atoms with Gasteiger partial charge < -0.3 is 9.32 Å². The van der Waals surface area contributed by atoms with Crippen LogP contribution >= 0.6 is 22.9 Å². The Morgan fingerprint density at radius 3 is 2.55 bits per heavy atom. The van der Waals surface area contributed by atoms with Gasteiger partial charge in [-0.1, -0.05) is 79.2 Å². The summed E-state index contributed by atoms with van der Waals surface area (Å²) in [5.74, 6) is -0.931. The molecule has 2 aromatic heterocycles. The van der Waals surface area contributed by atoms with E-state index in [1.165, 1.54) is 22.3 Å². The second-order valence-electron chi connectivity index (χ2n) is 11.0. The third-order valence-corrected chi connectivity index (χ3v) is 9.07. The zero-order valence-corrected chi connectivity index (χ0v) is 24.6. The summed E-state index contributed by atoms with van der Waals surface area (Å²) in [5, 5.41) is 10.2. The lowest BCUT2D eigenvalue weighted by molar-refractivity contribution is -0.121. The van der Waals surface area contributed by atoms with Crippen LogP contribution in [0.1, 0.15) is 51.7 Å². The Balaban J connectivity index is 1.54. The predicted molar refractivity (Wildman–Crippen MR) is 162 cm³/mol. The van der Waals surface area contributed by atoms with Crippen LogP contribution in [-0.4, -0.2) is 22.0 Å². The second kappa shape index (κ2) is 9.61. The molecule has 0 bridgehead atoms. The van der Waals surface area contributed by atoms with E-state index in [2.05, 4.69) is 24.0 Å². The van der Waals surface area contributed by atoms with Crippen molar-refractivity contribution in [2.45, 2.75) is 39.3 Å². The number of halogens is 1. The average Bonchev–Trinajstić information content (AvgIpc) is 3.59. The van der Waals surface area contributed by atoms with Gasteiger partial charge in [0.2, 0.25) is 10.9 Å². The smallest absolute Gasteiger partial charge is 0.297 e. The molecule has 5 aromatic rings. The maximum Gasteiger partial charge on any atom is 0.297 e. The van der Waals surface area contributed by atoms with Gasteiger partial charge in [-0.15, -0.1) is 10.2 Å². The van der Waals surface area contributed by atoms with Gasteiger partial charge in [-0.2, -0.15) is 0 Å². The number of hydrogen-bond acceptors (Lipinski definition) is 7. The highest BCUT2D eigenvalue weighted by Crippen LogP contribution is 2.54. The molecular formula is C32H25ClN4O4S. The van der Waals surface area contributed by atoms with Gasteiger partial charge in [0.05, 0.1) is 23.2 Å². The molecule has 1 atom stereocenters. The largest absolute Gasteiger partial charge is 0.450 e. The lowest BCUT2D eigenvalue weighted by Crippen LogP contribution is -2.53. The van der Waals surface area contributed by atoms with Gasteiger partial charge in [-0.05, 0) is 48.2 Å². The van der Waals surface area contributed by atoms with Crippen molar-refractivity contribution in [3.05, 3.63) is 115 Å². The van der Waals surface area contributed by atoms with E-state index in [1.807, 2.05) is 43.3 Å². The van der Waals surface area contributed by atoms with Gasteiger partial charge in [0.25, 0.3) is 11.8 Å². The van der Waals surface area contributed by atoms with Crippen LogP contribution in [-0.2, 0) is 23.3 Å². The highest BCUT2D eigenvalue weighted by molar-refractivity contribution is 7.15. The van der Waals surface area contributed by atoms with Crippen LogP contribution in [0.25, 0.3) is 11.0 Å². The Labute approximate surface area is 250 Å². The molecule has 1 spiro atoms. The topological polar surface area (TPSA) is 96.6 Å². The molecule has 1 unspecified atom stereocenters. The van der Waals surface area contributed by atoms with Crippen molar-refractivity contribution in [2.24, 2.45) is 5.92 Å². The average molecular weight is 597 g/mol. The standard InChI is InChI=1S/C32H25ClN4O4S/c1-17(2)14-25-34-35-31(42-25)37-29(39)28-26(27(38)21-15-20(33)12-13-24(21)41-28)32(37)22-10-6-7-11-23(22)36(30(32)40)16-19-9-5-4-8-18(19)3/h4-13,15,17H,14,16H2,1-3H3. The molecule has 0 saturated carbocycles. The van der Waals surface area contributed by atoms with Gasteiger partial charge in [0.15, 0.2) is 11.0 Å². The Bertz CT molecular complexity index is 2000. The van der Waals surface area contributed by atoms with E-state index < -0.39 is 22.8 Å². The first-order chi connectivity index (χ1) is 20.2. The van der Waals surface area contributed by atoms with Crippen molar-refractivity contribution in [1.82, 2.24) is 10.2 Å². The molecule has 0 saturated heterocycles. The van der Waals surface area contributed by atoms with Crippen LogP contribution in [0.5, 0.6) is 0 Å². The monoisotopic (exact) mass is 596 g/mol. The molecule has 7 rings (SSSR count). The van der Waals surface area contributed by atoms with Crippen molar-refractivity contribution in [2.75, 3.05) is 9.80 Å². The summed E-state index contributed by atoms with van der Waals surface area (Å²) in [4.78, 5) is 46.7. The number of benzene rings is 3. The molecule has 8 nitrogen and oxygen atoms in total. The van der Waals surface area contributed by atoms with E-state index in [0.717, 1.165) is 16.1 Å². The van der Waals surface area contributed by atoms with Crippen LogP contribution < -0.4 is 15.2 Å². The fraction of sp³-hybridized carbons (Fsp3) is 0.219. The second-order valence-corrected chi connectivity index (χ2v) is 12.5. The Hall–Kier alpha value is -4.34. The predicted octanol–water partition coefficient (Wildman–Crippen LogP) is 6.26. The number of rotatable bonds is 5. The number of aromatic nitrogens is 2. The van der Waals surface area contributed by atoms with E-state index >= 15 is 4.79 Å². The van der Waals surface area contributed by atoms with E-state index in [4.69, 9.17) is 16.0 Å². The van der Waals surface area contributed by atoms with Gasteiger partial charge in [-0.25, -0.2) is 0 Å².